The van der Waals surface area contributed by atoms with E-state index < -0.39 is 0 Å². The van der Waals surface area contributed by atoms with Crippen molar-refractivity contribution in [3.63, 3.8) is 0 Å². The molecular weight excluding hydrogens is 200 g/mol. The highest BCUT2D eigenvalue weighted by Gasteiger charge is 2.09. The van der Waals surface area contributed by atoms with Crippen LogP contribution in [0.2, 0.25) is 0 Å². The Morgan fingerprint density at radius 1 is 1.31 bits per heavy atom. The van der Waals surface area contributed by atoms with E-state index in [4.69, 9.17) is 0 Å². The van der Waals surface area contributed by atoms with E-state index in [0.717, 1.165) is 22.8 Å². The van der Waals surface area contributed by atoms with Gasteiger partial charge in [0.15, 0.2) is 0 Å². The van der Waals surface area contributed by atoms with Gasteiger partial charge in [-0.1, -0.05) is 13.8 Å². The Morgan fingerprint density at radius 2 is 2.06 bits per heavy atom. The van der Waals surface area contributed by atoms with Gasteiger partial charge in [0, 0.05) is 30.9 Å². The molecule has 2 rings (SSSR count). The maximum Gasteiger partial charge on any atom is 0.131 e. The molecule has 0 aliphatic carbocycles. The van der Waals surface area contributed by atoms with Gasteiger partial charge in [0.2, 0.25) is 0 Å². The molecule has 0 radical (unpaired) electrons. The van der Waals surface area contributed by atoms with Gasteiger partial charge in [-0.25, -0.2) is 9.97 Å². The van der Waals surface area contributed by atoms with Crippen LogP contribution in [0.25, 0.3) is 11.3 Å². The molecule has 0 aliphatic heterocycles. The highest BCUT2D eigenvalue weighted by atomic mass is 15.2. The van der Waals surface area contributed by atoms with E-state index in [9.17, 15) is 0 Å². The molecule has 0 aromatic carbocycles. The average molecular weight is 216 g/mol. The van der Waals surface area contributed by atoms with Crippen LogP contribution in [0.15, 0.2) is 18.5 Å². The minimum Gasteiger partial charge on any atom is -0.275 e. The van der Waals surface area contributed by atoms with Crippen LogP contribution in [-0.2, 0) is 7.05 Å². The van der Waals surface area contributed by atoms with Crippen molar-refractivity contribution in [2.75, 3.05) is 0 Å². The van der Waals surface area contributed by atoms with Gasteiger partial charge in [0.1, 0.15) is 5.82 Å². The second-order valence-corrected chi connectivity index (χ2v) is 4.26. The van der Waals surface area contributed by atoms with Crippen LogP contribution >= 0.6 is 0 Å². The third-order valence-electron chi connectivity index (χ3n) is 2.48. The van der Waals surface area contributed by atoms with E-state index in [1.165, 1.54) is 0 Å². The first-order valence-corrected chi connectivity index (χ1v) is 5.41. The molecule has 4 heteroatoms. The molecular formula is C12H16N4. The van der Waals surface area contributed by atoms with E-state index in [-0.39, 0.29) is 0 Å². The monoisotopic (exact) mass is 216 g/mol. The van der Waals surface area contributed by atoms with Gasteiger partial charge < -0.3 is 0 Å². The molecule has 0 fully saturated rings. The zero-order valence-electron chi connectivity index (χ0n) is 10.1. The maximum absolute atomic E-state index is 4.55. The maximum atomic E-state index is 4.55. The summed E-state index contributed by atoms with van der Waals surface area (Å²) in [6.07, 6.45) is 3.80. The summed E-state index contributed by atoms with van der Waals surface area (Å²) in [6.45, 7) is 6.18. The lowest BCUT2D eigenvalue weighted by Crippen LogP contribution is -1.98. The predicted molar refractivity (Wildman–Crippen MR) is 63.1 cm³/mol. The molecule has 2 aromatic heterocycles. The summed E-state index contributed by atoms with van der Waals surface area (Å²) in [4.78, 5) is 8.81. The Kier molecular flexibility index (Phi) is 2.73. The number of hydrogen-bond acceptors (Lipinski definition) is 3. The normalized spacial score (nSPS) is 11.1. The van der Waals surface area contributed by atoms with Crippen LogP contribution < -0.4 is 0 Å². The van der Waals surface area contributed by atoms with Crippen molar-refractivity contribution in [2.45, 2.75) is 26.7 Å². The van der Waals surface area contributed by atoms with E-state index >= 15 is 0 Å². The number of nitrogens with zero attached hydrogens (tertiary/aromatic N) is 4. The van der Waals surface area contributed by atoms with E-state index in [0.29, 0.717) is 5.92 Å². The number of aryl methyl sites for hydroxylation is 2. The molecule has 0 bridgehead atoms. The molecule has 0 saturated heterocycles. The summed E-state index contributed by atoms with van der Waals surface area (Å²) in [5.41, 5.74) is 3.02. The van der Waals surface area contributed by atoms with Gasteiger partial charge in [-0.3, -0.25) is 4.68 Å². The summed E-state index contributed by atoms with van der Waals surface area (Å²) in [5.74, 6) is 1.22. The first-order valence-electron chi connectivity index (χ1n) is 5.41. The lowest BCUT2D eigenvalue weighted by Gasteiger charge is -2.04. The van der Waals surface area contributed by atoms with Crippen LogP contribution in [0.5, 0.6) is 0 Å². The second-order valence-electron chi connectivity index (χ2n) is 4.26. The summed E-state index contributed by atoms with van der Waals surface area (Å²) in [6, 6.07) is 1.93. The fourth-order valence-corrected chi connectivity index (χ4v) is 1.65. The van der Waals surface area contributed by atoms with E-state index in [1.54, 1.807) is 0 Å². The molecule has 0 N–H and O–H groups in total. The highest BCUT2D eigenvalue weighted by molar-refractivity contribution is 5.60. The van der Waals surface area contributed by atoms with E-state index in [2.05, 4.69) is 28.9 Å². The zero-order valence-corrected chi connectivity index (χ0v) is 10.1. The first-order chi connectivity index (χ1) is 7.58. The lowest BCUT2D eigenvalue weighted by molar-refractivity contribution is 0.756. The predicted octanol–water partition coefficient (Wildman–Crippen LogP) is 2.31. The third-order valence-corrected chi connectivity index (χ3v) is 2.48. The Bertz CT molecular complexity index is 499. The standard InChI is InChI=1S/C12H16N4/c1-8(2)12-13-6-5-11(14-12)10-7-16(4)15-9(10)3/h5-8H,1-4H3. The number of hydrogen-bond donors (Lipinski definition) is 0. The van der Waals surface area contributed by atoms with Crippen molar-refractivity contribution >= 4 is 0 Å². The Hall–Kier alpha value is -1.71. The molecule has 0 unspecified atom stereocenters. The Balaban J connectivity index is 2.48. The third kappa shape index (κ3) is 1.96. The smallest absolute Gasteiger partial charge is 0.131 e. The molecule has 0 aliphatic rings. The molecule has 0 spiro atoms. The van der Waals surface area contributed by atoms with Crippen LogP contribution in [-0.4, -0.2) is 19.7 Å². The quantitative estimate of drug-likeness (QED) is 0.773. The summed E-state index contributed by atoms with van der Waals surface area (Å²) >= 11 is 0. The molecule has 2 aromatic rings. The fourth-order valence-electron chi connectivity index (χ4n) is 1.65. The zero-order chi connectivity index (χ0) is 11.7. The van der Waals surface area contributed by atoms with Crippen molar-refractivity contribution in [2.24, 2.45) is 7.05 Å². The largest absolute Gasteiger partial charge is 0.275 e. The van der Waals surface area contributed by atoms with Crippen molar-refractivity contribution in [1.82, 2.24) is 19.7 Å². The SMILES string of the molecule is Cc1nn(C)cc1-c1ccnc(C(C)C)n1. The Morgan fingerprint density at radius 3 is 2.62 bits per heavy atom. The van der Waals surface area contributed by atoms with Crippen molar-refractivity contribution in [3.8, 4) is 11.3 Å². The minimum absolute atomic E-state index is 0.344. The number of aromatic nitrogens is 4. The van der Waals surface area contributed by atoms with Gasteiger partial charge in [-0.15, -0.1) is 0 Å². The summed E-state index contributed by atoms with van der Waals surface area (Å²) in [7, 11) is 1.92. The average Bonchev–Trinajstić information content (AvgIpc) is 2.58. The van der Waals surface area contributed by atoms with E-state index in [1.807, 2.05) is 37.1 Å². The van der Waals surface area contributed by atoms with Gasteiger partial charge in [-0.2, -0.15) is 5.10 Å². The minimum atomic E-state index is 0.344. The molecule has 16 heavy (non-hydrogen) atoms. The molecule has 0 amide bonds. The molecule has 2 heterocycles. The van der Waals surface area contributed by atoms with Gasteiger partial charge in [-0.05, 0) is 13.0 Å². The van der Waals surface area contributed by atoms with Gasteiger partial charge >= 0.3 is 0 Å². The molecule has 0 atom stereocenters. The number of rotatable bonds is 2. The van der Waals surface area contributed by atoms with Crippen LogP contribution in [0, 0.1) is 6.92 Å². The summed E-state index contributed by atoms with van der Waals surface area (Å²) in [5, 5.41) is 4.32. The van der Waals surface area contributed by atoms with Crippen LogP contribution in [0.1, 0.15) is 31.3 Å². The molecule has 4 nitrogen and oxygen atoms in total. The summed E-state index contributed by atoms with van der Waals surface area (Å²) < 4.78 is 1.81. The Labute approximate surface area is 95.4 Å². The second kappa shape index (κ2) is 4.04. The topological polar surface area (TPSA) is 43.6 Å². The molecule has 0 saturated carbocycles. The fraction of sp³-hybridized carbons (Fsp3) is 0.417. The van der Waals surface area contributed by atoms with Gasteiger partial charge in [0.05, 0.1) is 11.4 Å². The van der Waals surface area contributed by atoms with Crippen molar-refractivity contribution in [3.05, 3.63) is 30.0 Å². The first kappa shape index (κ1) is 10.8. The van der Waals surface area contributed by atoms with Crippen LogP contribution in [0.4, 0.5) is 0 Å². The molecule has 84 valence electrons. The lowest BCUT2D eigenvalue weighted by atomic mass is 10.1. The van der Waals surface area contributed by atoms with Crippen molar-refractivity contribution in [1.29, 1.82) is 0 Å². The van der Waals surface area contributed by atoms with Gasteiger partial charge in [0.25, 0.3) is 0 Å². The van der Waals surface area contributed by atoms with Crippen molar-refractivity contribution < 1.29 is 0 Å². The highest BCUT2D eigenvalue weighted by Crippen LogP contribution is 2.21. The van der Waals surface area contributed by atoms with Crippen LogP contribution in [0.3, 0.4) is 0 Å².